The molecule has 7 heteroatoms. The molecule has 1 aliphatic heterocycles. The van der Waals surface area contributed by atoms with Crippen molar-refractivity contribution in [2.24, 2.45) is 0 Å². The third-order valence-corrected chi connectivity index (χ3v) is 6.09. The molecule has 0 aromatic heterocycles. The fourth-order valence-electron chi connectivity index (χ4n) is 2.75. The van der Waals surface area contributed by atoms with Crippen LogP contribution in [0.5, 0.6) is 5.75 Å². The van der Waals surface area contributed by atoms with Crippen molar-refractivity contribution in [1.82, 2.24) is 9.21 Å². The van der Waals surface area contributed by atoms with Gasteiger partial charge in [0.05, 0.1) is 20.1 Å². The van der Waals surface area contributed by atoms with Crippen LogP contribution in [0.2, 0.25) is 0 Å². The predicted octanol–water partition coefficient (Wildman–Crippen LogP) is 3.13. The molecule has 0 saturated carbocycles. The summed E-state index contributed by atoms with van der Waals surface area (Å²) < 4.78 is 12.7. The van der Waals surface area contributed by atoms with Gasteiger partial charge in [-0.1, -0.05) is 12.1 Å². The van der Waals surface area contributed by atoms with Crippen LogP contribution in [-0.4, -0.2) is 54.6 Å². The highest BCUT2D eigenvalue weighted by atomic mass is 127. The summed E-state index contributed by atoms with van der Waals surface area (Å²) in [5, 5.41) is 0. The molecule has 1 saturated heterocycles. The van der Waals surface area contributed by atoms with E-state index in [1.165, 1.54) is 5.56 Å². The Morgan fingerprint density at radius 2 is 2.26 bits per heavy atom. The zero-order valence-electron chi connectivity index (χ0n) is 13.5. The van der Waals surface area contributed by atoms with E-state index in [9.17, 15) is 4.79 Å². The molecule has 23 heavy (non-hydrogen) atoms. The fourth-order valence-corrected chi connectivity index (χ4v) is 4.20. The van der Waals surface area contributed by atoms with Gasteiger partial charge in [0.15, 0.2) is 0 Å². The average molecular weight is 450 g/mol. The number of methoxy groups -OCH3 is 1. The quantitative estimate of drug-likeness (QED) is 0.361. The summed E-state index contributed by atoms with van der Waals surface area (Å²) in [5.41, 5.74) is 1.20. The molecule has 1 heterocycles. The van der Waals surface area contributed by atoms with Crippen LogP contribution in [0.25, 0.3) is 0 Å². The van der Waals surface area contributed by atoms with Crippen molar-refractivity contribution in [2.75, 3.05) is 33.4 Å². The lowest BCUT2D eigenvalue weighted by Crippen LogP contribution is -2.51. The standard InChI is InChI=1S/C16H23IN2O3S/c1-3-22-16(20)10-14-12-19(23-17)8-7-18(14)11-13-5-4-6-15(9-13)21-2/h4-6,9,14H,3,7-8,10-12H2,1-2H3. The minimum absolute atomic E-state index is 0.117. The lowest BCUT2D eigenvalue weighted by atomic mass is 10.1. The number of rotatable bonds is 7. The largest absolute Gasteiger partial charge is 0.497 e. The summed E-state index contributed by atoms with van der Waals surface area (Å²) in [6.07, 6.45) is 0.436. The fraction of sp³-hybridized carbons (Fsp3) is 0.562. The molecule has 2 rings (SSSR count). The summed E-state index contributed by atoms with van der Waals surface area (Å²) >= 11 is 2.30. The highest BCUT2D eigenvalue weighted by Gasteiger charge is 2.29. The van der Waals surface area contributed by atoms with Crippen LogP contribution >= 0.6 is 30.3 Å². The van der Waals surface area contributed by atoms with Crippen molar-refractivity contribution >= 4 is 36.3 Å². The molecule has 1 unspecified atom stereocenters. The van der Waals surface area contributed by atoms with Gasteiger partial charge in [-0.15, -0.1) is 0 Å². The Hall–Kier alpha value is -0.510. The molecule has 0 spiro atoms. The number of ether oxygens (including phenoxy) is 2. The molecule has 0 N–H and O–H groups in total. The SMILES string of the molecule is CCOC(=O)CC1CN(SI)CCN1Cc1cccc(OC)c1. The molecule has 128 valence electrons. The van der Waals surface area contributed by atoms with Gasteiger partial charge in [-0.05, 0) is 33.7 Å². The summed E-state index contributed by atoms with van der Waals surface area (Å²) in [4.78, 5) is 14.3. The minimum atomic E-state index is -0.117. The second kappa shape index (κ2) is 9.71. The molecule has 1 atom stereocenters. The monoisotopic (exact) mass is 450 g/mol. The smallest absolute Gasteiger partial charge is 0.307 e. The third-order valence-electron chi connectivity index (χ3n) is 3.89. The van der Waals surface area contributed by atoms with Crippen LogP contribution in [0.1, 0.15) is 18.9 Å². The van der Waals surface area contributed by atoms with Crippen molar-refractivity contribution in [3.63, 3.8) is 0 Å². The van der Waals surface area contributed by atoms with Gasteiger partial charge in [0.2, 0.25) is 0 Å². The normalized spacial score (nSPS) is 19.5. The maximum absolute atomic E-state index is 11.9. The highest BCUT2D eigenvalue weighted by Crippen LogP contribution is 2.26. The molecule has 5 nitrogen and oxygen atoms in total. The first-order valence-corrected chi connectivity index (χ1v) is 11.0. The molecule has 1 aliphatic rings. The Morgan fingerprint density at radius 1 is 1.43 bits per heavy atom. The van der Waals surface area contributed by atoms with Crippen LogP contribution in [-0.2, 0) is 16.1 Å². The molecule has 1 aromatic rings. The van der Waals surface area contributed by atoms with Crippen LogP contribution in [0.15, 0.2) is 24.3 Å². The van der Waals surface area contributed by atoms with Gasteiger partial charge in [-0.2, -0.15) is 0 Å². The highest BCUT2D eigenvalue weighted by molar-refractivity contribution is 14.2. The predicted molar refractivity (Wildman–Crippen MR) is 102 cm³/mol. The van der Waals surface area contributed by atoms with Crippen LogP contribution in [0, 0.1) is 0 Å². The first-order chi connectivity index (χ1) is 11.2. The Morgan fingerprint density at radius 3 is 2.96 bits per heavy atom. The van der Waals surface area contributed by atoms with Gasteiger partial charge in [-0.25, -0.2) is 4.31 Å². The van der Waals surface area contributed by atoms with E-state index in [1.807, 2.05) is 19.1 Å². The number of nitrogens with zero attached hydrogens (tertiary/aromatic N) is 2. The summed E-state index contributed by atoms with van der Waals surface area (Å²) in [7, 11) is 3.39. The van der Waals surface area contributed by atoms with Gasteiger partial charge in [0.1, 0.15) is 5.75 Å². The van der Waals surface area contributed by atoms with Crippen molar-refractivity contribution in [3.05, 3.63) is 29.8 Å². The van der Waals surface area contributed by atoms with E-state index in [-0.39, 0.29) is 12.0 Å². The summed E-state index contributed by atoms with van der Waals surface area (Å²) in [6.45, 7) is 5.91. The van der Waals surface area contributed by atoms with E-state index in [0.717, 1.165) is 31.9 Å². The number of hydrogen-bond acceptors (Lipinski definition) is 6. The van der Waals surface area contributed by atoms with E-state index >= 15 is 0 Å². The number of hydrogen-bond donors (Lipinski definition) is 0. The first kappa shape index (κ1) is 18.8. The second-order valence-corrected chi connectivity index (χ2v) is 7.28. The second-order valence-electron chi connectivity index (χ2n) is 5.44. The van der Waals surface area contributed by atoms with Crippen molar-refractivity contribution in [3.8, 4) is 5.75 Å². The minimum Gasteiger partial charge on any atom is -0.497 e. The first-order valence-electron chi connectivity index (χ1n) is 7.72. The summed E-state index contributed by atoms with van der Waals surface area (Å²) in [5.74, 6) is 0.749. The third kappa shape index (κ3) is 5.81. The summed E-state index contributed by atoms with van der Waals surface area (Å²) in [6, 6.07) is 8.29. The molecule has 0 amide bonds. The topological polar surface area (TPSA) is 42.0 Å². The lowest BCUT2D eigenvalue weighted by Gasteiger charge is -2.39. The number of halogens is 1. The van der Waals surface area contributed by atoms with Gasteiger partial charge in [-0.3, -0.25) is 9.69 Å². The zero-order chi connectivity index (χ0) is 16.7. The number of carbonyl (C=O) groups excluding carboxylic acids is 1. The maximum atomic E-state index is 11.9. The van der Waals surface area contributed by atoms with Gasteiger partial charge in [0.25, 0.3) is 0 Å². The maximum Gasteiger partial charge on any atom is 0.307 e. The van der Waals surface area contributed by atoms with E-state index in [1.54, 1.807) is 16.2 Å². The Labute approximate surface area is 154 Å². The Balaban J connectivity index is 2.04. The van der Waals surface area contributed by atoms with E-state index in [2.05, 4.69) is 42.5 Å². The average Bonchev–Trinajstić information content (AvgIpc) is 2.57. The van der Waals surface area contributed by atoms with Crippen molar-refractivity contribution < 1.29 is 14.3 Å². The molecule has 0 aliphatic carbocycles. The lowest BCUT2D eigenvalue weighted by molar-refractivity contribution is -0.145. The Bertz CT molecular complexity index is 518. The number of piperazine rings is 1. The van der Waals surface area contributed by atoms with Crippen molar-refractivity contribution in [2.45, 2.75) is 25.9 Å². The molecular formula is C16H23IN2O3S. The molecular weight excluding hydrogens is 427 g/mol. The molecule has 1 aromatic carbocycles. The van der Waals surface area contributed by atoms with E-state index in [4.69, 9.17) is 9.47 Å². The Kier molecular flexibility index (Phi) is 7.94. The van der Waals surface area contributed by atoms with Crippen LogP contribution in [0.4, 0.5) is 0 Å². The number of carbonyl (C=O) groups is 1. The van der Waals surface area contributed by atoms with E-state index < -0.39 is 0 Å². The van der Waals surface area contributed by atoms with Crippen LogP contribution < -0.4 is 4.74 Å². The van der Waals surface area contributed by atoms with Gasteiger partial charge >= 0.3 is 5.97 Å². The number of benzene rings is 1. The van der Waals surface area contributed by atoms with Gasteiger partial charge < -0.3 is 9.47 Å². The number of esters is 1. The molecule has 0 radical (unpaired) electrons. The van der Waals surface area contributed by atoms with Gasteiger partial charge in [0, 0.05) is 53.4 Å². The molecule has 1 fully saturated rings. The van der Waals surface area contributed by atoms with Crippen LogP contribution in [0.3, 0.4) is 0 Å². The molecule has 0 bridgehead atoms. The zero-order valence-corrected chi connectivity index (χ0v) is 16.5. The van der Waals surface area contributed by atoms with Crippen molar-refractivity contribution in [1.29, 1.82) is 0 Å². The van der Waals surface area contributed by atoms with E-state index in [0.29, 0.717) is 13.0 Å².